The highest BCUT2D eigenvalue weighted by atomic mass is 16.5. The van der Waals surface area contributed by atoms with Gasteiger partial charge in [-0.05, 0) is 11.1 Å². The van der Waals surface area contributed by atoms with Crippen LogP contribution in [0.1, 0.15) is 21.5 Å². The summed E-state index contributed by atoms with van der Waals surface area (Å²) in [7, 11) is 4.56. The molecule has 1 amide bonds. The van der Waals surface area contributed by atoms with Crippen molar-refractivity contribution in [2.24, 2.45) is 0 Å². The van der Waals surface area contributed by atoms with Gasteiger partial charge in [-0.15, -0.1) is 0 Å². The van der Waals surface area contributed by atoms with Crippen molar-refractivity contribution in [2.75, 3.05) is 21.3 Å². The number of carbonyl (C=O) groups is 1. The third-order valence-corrected chi connectivity index (χ3v) is 4.24. The maximum atomic E-state index is 12.6. The molecule has 0 saturated carbocycles. The Bertz CT molecular complexity index is 924. The molecule has 0 aliphatic rings. The summed E-state index contributed by atoms with van der Waals surface area (Å²) >= 11 is 0. The standard InChI is InChI=1S/C20H22N4O4/c1-26-17-9-19(28-3)18(27-2)8-16(17)20(25)22-10-14-4-6-15(7-5-14)11-24-13-21-12-23-24/h4-9,12-13H,10-11H2,1-3H3,(H,22,25). The van der Waals surface area contributed by atoms with Crippen LogP contribution < -0.4 is 19.5 Å². The molecule has 0 atom stereocenters. The van der Waals surface area contributed by atoms with Crippen LogP contribution in [-0.2, 0) is 13.1 Å². The fourth-order valence-corrected chi connectivity index (χ4v) is 2.75. The molecule has 1 aromatic heterocycles. The molecular weight excluding hydrogens is 360 g/mol. The van der Waals surface area contributed by atoms with E-state index in [1.165, 1.54) is 27.7 Å². The smallest absolute Gasteiger partial charge is 0.255 e. The first kappa shape index (κ1) is 19.2. The fourth-order valence-electron chi connectivity index (χ4n) is 2.75. The largest absolute Gasteiger partial charge is 0.496 e. The van der Waals surface area contributed by atoms with Crippen LogP contribution in [0.5, 0.6) is 17.2 Å². The predicted octanol–water partition coefficient (Wildman–Crippen LogP) is 2.28. The molecule has 0 aliphatic heterocycles. The fraction of sp³-hybridized carbons (Fsp3) is 0.250. The van der Waals surface area contributed by atoms with E-state index in [0.717, 1.165) is 11.1 Å². The summed E-state index contributed by atoms with van der Waals surface area (Å²) in [4.78, 5) is 16.6. The zero-order valence-corrected chi connectivity index (χ0v) is 16.0. The second-order valence-electron chi connectivity index (χ2n) is 6.00. The number of hydrogen-bond acceptors (Lipinski definition) is 6. The molecule has 8 heteroatoms. The van der Waals surface area contributed by atoms with Gasteiger partial charge in [-0.2, -0.15) is 5.10 Å². The Labute approximate surface area is 163 Å². The molecule has 1 N–H and O–H groups in total. The van der Waals surface area contributed by atoms with E-state index in [2.05, 4.69) is 15.4 Å². The molecule has 3 aromatic rings. The highest BCUT2D eigenvalue weighted by Gasteiger charge is 2.17. The van der Waals surface area contributed by atoms with Crippen molar-refractivity contribution in [3.05, 3.63) is 65.7 Å². The number of aromatic nitrogens is 3. The quantitative estimate of drug-likeness (QED) is 0.643. The number of rotatable bonds is 8. The molecule has 0 fully saturated rings. The number of amides is 1. The summed E-state index contributed by atoms with van der Waals surface area (Å²) in [5.41, 5.74) is 2.46. The number of carbonyl (C=O) groups excluding carboxylic acids is 1. The maximum Gasteiger partial charge on any atom is 0.255 e. The molecule has 0 unspecified atom stereocenters. The van der Waals surface area contributed by atoms with Crippen LogP contribution in [0, 0.1) is 0 Å². The SMILES string of the molecule is COc1cc(OC)c(C(=O)NCc2ccc(Cn3cncn3)cc2)cc1OC. The Morgan fingerprint density at radius 3 is 2.21 bits per heavy atom. The first-order valence-electron chi connectivity index (χ1n) is 8.63. The van der Waals surface area contributed by atoms with E-state index in [-0.39, 0.29) is 5.91 Å². The van der Waals surface area contributed by atoms with Crippen LogP contribution >= 0.6 is 0 Å². The van der Waals surface area contributed by atoms with Gasteiger partial charge in [0.05, 0.1) is 33.4 Å². The Morgan fingerprint density at radius 1 is 0.964 bits per heavy atom. The zero-order valence-electron chi connectivity index (χ0n) is 16.0. The van der Waals surface area contributed by atoms with Crippen LogP contribution in [0.4, 0.5) is 0 Å². The molecule has 8 nitrogen and oxygen atoms in total. The van der Waals surface area contributed by atoms with Gasteiger partial charge in [-0.25, -0.2) is 9.67 Å². The number of methoxy groups -OCH3 is 3. The number of nitrogens with zero attached hydrogens (tertiary/aromatic N) is 3. The Hall–Kier alpha value is -3.55. The lowest BCUT2D eigenvalue weighted by molar-refractivity contribution is 0.0947. The van der Waals surface area contributed by atoms with Crippen LogP contribution in [0.15, 0.2) is 49.1 Å². The van der Waals surface area contributed by atoms with Gasteiger partial charge in [0, 0.05) is 18.7 Å². The summed E-state index contributed by atoms with van der Waals surface area (Å²) in [6.45, 7) is 1.04. The molecule has 0 saturated heterocycles. The Balaban J connectivity index is 1.66. The van der Waals surface area contributed by atoms with Crippen molar-refractivity contribution >= 4 is 5.91 Å². The molecule has 0 spiro atoms. The summed E-state index contributed by atoms with van der Waals surface area (Å²) in [6, 6.07) is 11.2. The second-order valence-corrected chi connectivity index (χ2v) is 6.00. The highest BCUT2D eigenvalue weighted by molar-refractivity contribution is 5.97. The normalized spacial score (nSPS) is 10.4. The monoisotopic (exact) mass is 382 g/mol. The minimum absolute atomic E-state index is 0.260. The number of hydrogen-bond donors (Lipinski definition) is 1. The molecule has 1 heterocycles. The van der Waals surface area contributed by atoms with Crippen LogP contribution in [-0.4, -0.2) is 42.0 Å². The zero-order chi connectivity index (χ0) is 19.9. The van der Waals surface area contributed by atoms with E-state index in [0.29, 0.717) is 35.9 Å². The lowest BCUT2D eigenvalue weighted by Gasteiger charge is -2.14. The first-order valence-corrected chi connectivity index (χ1v) is 8.63. The van der Waals surface area contributed by atoms with Crippen LogP contribution in [0.3, 0.4) is 0 Å². The van der Waals surface area contributed by atoms with Gasteiger partial charge < -0.3 is 19.5 Å². The van der Waals surface area contributed by atoms with Crippen molar-refractivity contribution in [2.45, 2.75) is 13.1 Å². The average molecular weight is 382 g/mol. The third kappa shape index (κ3) is 4.40. The number of ether oxygens (including phenoxy) is 3. The molecule has 0 radical (unpaired) electrons. The molecule has 2 aromatic carbocycles. The lowest BCUT2D eigenvalue weighted by atomic mass is 10.1. The second kappa shape index (κ2) is 8.90. The van der Waals surface area contributed by atoms with Gasteiger partial charge in [0.15, 0.2) is 11.5 Å². The number of nitrogens with one attached hydrogen (secondary N) is 1. The van der Waals surface area contributed by atoms with Crippen LogP contribution in [0.2, 0.25) is 0 Å². The van der Waals surface area contributed by atoms with Crippen molar-refractivity contribution in [1.29, 1.82) is 0 Å². The van der Waals surface area contributed by atoms with Crippen molar-refractivity contribution < 1.29 is 19.0 Å². The van der Waals surface area contributed by atoms with Gasteiger partial charge in [-0.1, -0.05) is 24.3 Å². The molecule has 146 valence electrons. The van der Waals surface area contributed by atoms with E-state index >= 15 is 0 Å². The first-order chi connectivity index (χ1) is 13.6. The van der Waals surface area contributed by atoms with E-state index in [1.807, 2.05) is 24.3 Å². The summed E-state index contributed by atoms with van der Waals surface area (Å²) in [6.07, 6.45) is 3.18. The van der Waals surface area contributed by atoms with Gasteiger partial charge in [0.1, 0.15) is 18.4 Å². The van der Waals surface area contributed by atoms with Crippen LogP contribution in [0.25, 0.3) is 0 Å². The Morgan fingerprint density at radius 2 is 1.61 bits per heavy atom. The summed E-state index contributed by atoms with van der Waals surface area (Å²) in [5, 5.41) is 6.99. The molecule has 0 aliphatic carbocycles. The maximum absolute atomic E-state index is 12.6. The van der Waals surface area contributed by atoms with Crippen molar-refractivity contribution in [3.8, 4) is 17.2 Å². The number of benzene rings is 2. The van der Waals surface area contributed by atoms with E-state index < -0.39 is 0 Å². The molecule has 3 rings (SSSR count). The third-order valence-electron chi connectivity index (χ3n) is 4.24. The summed E-state index contributed by atoms with van der Waals surface area (Å²) < 4.78 is 17.6. The van der Waals surface area contributed by atoms with E-state index in [1.54, 1.807) is 23.1 Å². The summed E-state index contributed by atoms with van der Waals surface area (Å²) in [5.74, 6) is 1.12. The van der Waals surface area contributed by atoms with Gasteiger partial charge >= 0.3 is 0 Å². The lowest BCUT2D eigenvalue weighted by Crippen LogP contribution is -2.23. The highest BCUT2D eigenvalue weighted by Crippen LogP contribution is 2.34. The topological polar surface area (TPSA) is 87.5 Å². The van der Waals surface area contributed by atoms with Crippen molar-refractivity contribution in [1.82, 2.24) is 20.1 Å². The van der Waals surface area contributed by atoms with Gasteiger partial charge in [0.25, 0.3) is 5.91 Å². The van der Waals surface area contributed by atoms with E-state index in [9.17, 15) is 4.79 Å². The Kier molecular flexibility index (Phi) is 6.11. The molecule has 28 heavy (non-hydrogen) atoms. The van der Waals surface area contributed by atoms with Crippen molar-refractivity contribution in [3.63, 3.8) is 0 Å². The molecular formula is C20H22N4O4. The molecule has 0 bridgehead atoms. The minimum atomic E-state index is -0.260. The van der Waals surface area contributed by atoms with Gasteiger partial charge in [-0.3, -0.25) is 4.79 Å². The van der Waals surface area contributed by atoms with E-state index in [4.69, 9.17) is 14.2 Å². The minimum Gasteiger partial charge on any atom is -0.496 e. The predicted molar refractivity (Wildman–Crippen MR) is 103 cm³/mol. The van der Waals surface area contributed by atoms with Gasteiger partial charge in [0.2, 0.25) is 0 Å². The average Bonchev–Trinajstić information content (AvgIpc) is 3.25.